The Morgan fingerprint density at radius 3 is 1.31 bits per heavy atom. The van der Waals surface area contributed by atoms with E-state index in [2.05, 4.69) is 0 Å². The summed E-state index contributed by atoms with van der Waals surface area (Å²) in [5.41, 5.74) is 0. The van der Waals surface area contributed by atoms with Gasteiger partial charge in [-0.15, -0.1) is 4.91 Å². The van der Waals surface area contributed by atoms with Crippen molar-refractivity contribution >= 4 is 0 Å². The highest BCUT2D eigenvalue weighted by molar-refractivity contribution is 4.19. The van der Waals surface area contributed by atoms with Crippen molar-refractivity contribution < 1.29 is 35.0 Å². The summed E-state index contributed by atoms with van der Waals surface area (Å²) in [7, 11) is 0. The number of nitrogens with zero attached hydrogens (tertiary/aromatic N) is 2. The molecule has 0 atom stereocenters. The average Bonchev–Trinajstić information content (AvgIpc) is 2.29. The molecule has 0 aliphatic heterocycles. The summed E-state index contributed by atoms with van der Waals surface area (Å²) in [5.74, 6) is 0. The van der Waals surface area contributed by atoms with Crippen LogP contribution in [0.2, 0.25) is 0 Å². The molecule has 0 aromatic rings. The van der Waals surface area contributed by atoms with Crippen LogP contribution in [-0.2, 0) is 14.5 Å². The Balaban J connectivity index is 0. The molecule has 0 aromatic heterocycles. The van der Waals surface area contributed by atoms with Crippen LogP contribution in [0, 0.1) is 4.91 Å². The molecule has 16 heavy (non-hydrogen) atoms. The van der Waals surface area contributed by atoms with Crippen LogP contribution in [0.4, 0.5) is 0 Å². The maximum absolute atomic E-state index is 8.40. The molecule has 0 radical (unpaired) electrons. The third-order valence-corrected chi connectivity index (χ3v) is 0.864. The molecule has 0 fully saturated rings. The SMILES string of the molecule is O=NO.OCCON(OCCO)OCCO. The van der Waals surface area contributed by atoms with E-state index in [-0.39, 0.29) is 39.6 Å². The maximum Gasteiger partial charge on any atom is 0.152 e. The number of rotatable bonds is 9. The smallest absolute Gasteiger partial charge is 0.152 e. The first-order valence-electron chi connectivity index (χ1n) is 4.25. The number of hydrogen-bond acceptors (Lipinski definition) is 9. The number of hydrogen-bond donors (Lipinski definition) is 4. The van der Waals surface area contributed by atoms with Gasteiger partial charge in [-0.1, -0.05) is 0 Å². The summed E-state index contributed by atoms with van der Waals surface area (Å²) < 4.78 is 0. The molecule has 0 spiro atoms. The monoisotopic (exact) mass is 244 g/mol. The van der Waals surface area contributed by atoms with Crippen molar-refractivity contribution in [1.29, 1.82) is 0 Å². The summed E-state index contributed by atoms with van der Waals surface area (Å²) in [6.45, 7) is -0.505. The topological polar surface area (TPSA) is 141 Å². The lowest BCUT2D eigenvalue weighted by Gasteiger charge is -2.17. The van der Waals surface area contributed by atoms with Gasteiger partial charge in [-0.25, -0.2) is 14.5 Å². The predicted molar refractivity (Wildman–Crippen MR) is 48.5 cm³/mol. The van der Waals surface area contributed by atoms with Crippen LogP contribution in [0.5, 0.6) is 0 Å². The minimum Gasteiger partial charge on any atom is -0.394 e. The fourth-order valence-corrected chi connectivity index (χ4v) is 0.458. The van der Waals surface area contributed by atoms with Crippen LogP contribution < -0.4 is 0 Å². The summed E-state index contributed by atoms with van der Waals surface area (Å²) in [4.78, 5) is 22.2. The molecule has 0 aliphatic rings. The average molecular weight is 244 g/mol. The molecular formula is C6H16N2O8. The lowest BCUT2D eigenvalue weighted by Crippen LogP contribution is -2.28. The van der Waals surface area contributed by atoms with Gasteiger partial charge >= 0.3 is 0 Å². The van der Waals surface area contributed by atoms with Crippen molar-refractivity contribution in [3.63, 3.8) is 0 Å². The first-order chi connectivity index (χ1) is 7.76. The molecule has 4 N–H and O–H groups in total. The van der Waals surface area contributed by atoms with Crippen molar-refractivity contribution in [3.8, 4) is 0 Å². The van der Waals surface area contributed by atoms with E-state index in [4.69, 9.17) is 39.9 Å². The normalized spacial score (nSPS) is 9.75. The van der Waals surface area contributed by atoms with Gasteiger partial charge in [0.25, 0.3) is 0 Å². The van der Waals surface area contributed by atoms with Crippen LogP contribution >= 0.6 is 0 Å². The lowest BCUT2D eigenvalue weighted by atomic mass is 10.8. The minimum atomic E-state index is -0.179. The van der Waals surface area contributed by atoms with E-state index < -0.39 is 0 Å². The van der Waals surface area contributed by atoms with Gasteiger partial charge in [-0.05, 0) is 0 Å². The van der Waals surface area contributed by atoms with Crippen molar-refractivity contribution in [1.82, 2.24) is 5.39 Å². The predicted octanol–water partition coefficient (Wildman–Crippen LogP) is -1.80. The quantitative estimate of drug-likeness (QED) is 0.273. The van der Waals surface area contributed by atoms with Gasteiger partial charge in [0.15, 0.2) is 5.34 Å². The molecule has 0 saturated carbocycles. The minimum absolute atomic E-state index is 0.0108. The van der Waals surface area contributed by atoms with E-state index in [0.29, 0.717) is 5.39 Å². The van der Waals surface area contributed by atoms with Gasteiger partial charge in [0.05, 0.1) is 45.0 Å². The maximum atomic E-state index is 8.40. The van der Waals surface area contributed by atoms with E-state index in [0.717, 1.165) is 0 Å². The highest BCUT2D eigenvalue weighted by atomic mass is 17.2. The van der Waals surface area contributed by atoms with Crippen LogP contribution in [0.25, 0.3) is 0 Å². The molecule has 10 heteroatoms. The third-order valence-electron chi connectivity index (χ3n) is 0.864. The molecule has 10 nitrogen and oxygen atoms in total. The van der Waals surface area contributed by atoms with Gasteiger partial charge in [0.1, 0.15) is 0 Å². The summed E-state index contributed by atoms with van der Waals surface area (Å²) in [6, 6.07) is 0. The number of aliphatic hydroxyl groups is 3. The molecule has 0 rings (SSSR count). The van der Waals surface area contributed by atoms with Gasteiger partial charge in [-0.3, -0.25) is 0 Å². The highest BCUT2D eigenvalue weighted by Gasteiger charge is 2.05. The van der Waals surface area contributed by atoms with Crippen molar-refractivity contribution in [2.24, 2.45) is 5.34 Å². The Bertz CT molecular complexity index is 119. The Morgan fingerprint density at radius 2 is 1.12 bits per heavy atom. The lowest BCUT2D eigenvalue weighted by molar-refractivity contribution is -0.527. The third kappa shape index (κ3) is 15.6. The van der Waals surface area contributed by atoms with E-state index in [9.17, 15) is 0 Å². The first-order valence-corrected chi connectivity index (χ1v) is 4.25. The fraction of sp³-hybridized carbons (Fsp3) is 1.00. The molecular weight excluding hydrogens is 228 g/mol. The van der Waals surface area contributed by atoms with Crippen LogP contribution in [-0.4, -0.2) is 65.6 Å². The van der Waals surface area contributed by atoms with Gasteiger partial charge in [-0.2, -0.15) is 0 Å². The molecule has 98 valence electrons. The fourth-order valence-electron chi connectivity index (χ4n) is 0.458. The summed E-state index contributed by atoms with van der Waals surface area (Å²) in [6.07, 6.45) is 0. The molecule has 0 amide bonds. The first kappa shape index (κ1) is 17.5. The molecule has 0 bridgehead atoms. The van der Waals surface area contributed by atoms with Crippen molar-refractivity contribution in [2.45, 2.75) is 0 Å². The Kier molecular flexibility index (Phi) is 18.1. The zero-order valence-corrected chi connectivity index (χ0v) is 8.56. The second-order valence-electron chi connectivity index (χ2n) is 1.98. The molecule has 0 saturated heterocycles. The Hall–Kier alpha value is -0.880. The van der Waals surface area contributed by atoms with E-state index in [1.165, 1.54) is 5.34 Å². The van der Waals surface area contributed by atoms with Crippen LogP contribution in [0.3, 0.4) is 0 Å². The molecule has 0 unspecified atom stereocenters. The van der Waals surface area contributed by atoms with Gasteiger partial charge < -0.3 is 20.5 Å². The second kappa shape index (κ2) is 16.5. The Labute approximate surface area is 91.4 Å². The summed E-state index contributed by atoms with van der Waals surface area (Å²) >= 11 is 0. The molecule has 0 aliphatic carbocycles. The summed E-state index contributed by atoms with van der Waals surface area (Å²) in [5, 5.41) is 33.8. The van der Waals surface area contributed by atoms with Crippen molar-refractivity contribution in [2.75, 3.05) is 39.6 Å². The second-order valence-corrected chi connectivity index (χ2v) is 1.98. The van der Waals surface area contributed by atoms with Crippen LogP contribution in [0.1, 0.15) is 0 Å². The number of aliphatic hydroxyl groups excluding tert-OH is 3. The standard InChI is InChI=1S/C6H15NO6.HNO2/c8-1-4-11-7(12-5-2-9)13-6-3-10;2-1-3/h8-10H,1-6H2;(H,2,3). The van der Waals surface area contributed by atoms with Gasteiger partial charge in [0, 0.05) is 0 Å². The zero-order valence-electron chi connectivity index (χ0n) is 8.56. The van der Waals surface area contributed by atoms with E-state index in [1.807, 2.05) is 0 Å². The molecule has 0 aromatic carbocycles. The Morgan fingerprint density at radius 1 is 0.875 bits per heavy atom. The van der Waals surface area contributed by atoms with E-state index in [1.54, 1.807) is 0 Å². The largest absolute Gasteiger partial charge is 0.394 e. The molecule has 0 heterocycles. The van der Waals surface area contributed by atoms with E-state index >= 15 is 0 Å². The van der Waals surface area contributed by atoms with Crippen molar-refractivity contribution in [3.05, 3.63) is 4.91 Å². The van der Waals surface area contributed by atoms with Crippen LogP contribution in [0.15, 0.2) is 5.34 Å². The van der Waals surface area contributed by atoms with Gasteiger partial charge in [0.2, 0.25) is 0 Å². The highest BCUT2D eigenvalue weighted by Crippen LogP contribution is 1.93. The zero-order chi connectivity index (χ0) is 12.6.